The molecule has 1 aromatic carbocycles. The highest BCUT2D eigenvalue weighted by Crippen LogP contribution is 2.54. The second-order valence-corrected chi connectivity index (χ2v) is 7.08. The van der Waals surface area contributed by atoms with E-state index in [9.17, 15) is 4.79 Å². The Kier molecular flexibility index (Phi) is 2.79. The first kappa shape index (κ1) is 14.5. The fourth-order valence-electron chi connectivity index (χ4n) is 4.12. The molecule has 25 heavy (non-hydrogen) atoms. The third-order valence-corrected chi connectivity index (χ3v) is 5.73. The maximum atomic E-state index is 12.9. The van der Waals surface area contributed by atoms with Crippen LogP contribution < -0.4 is 0 Å². The number of hydrogen-bond acceptors (Lipinski definition) is 2. The molecule has 0 bridgehead atoms. The molecule has 1 aliphatic carbocycles. The lowest BCUT2D eigenvalue weighted by Gasteiger charge is -2.27. The van der Waals surface area contributed by atoms with Crippen LogP contribution in [-0.4, -0.2) is 27.4 Å². The van der Waals surface area contributed by atoms with Gasteiger partial charge in [0, 0.05) is 31.2 Å². The average molecular weight is 329 g/mol. The molecule has 2 aromatic heterocycles. The van der Waals surface area contributed by atoms with E-state index < -0.39 is 0 Å². The number of hydrogen-bond donors (Lipinski definition) is 0. The summed E-state index contributed by atoms with van der Waals surface area (Å²) in [5.74, 6) is 0.0975. The number of carbonyl (C=O) groups excluding carboxylic acids is 1. The summed E-state index contributed by atoms with van der Waals surface area (Å²) in [5, 5.41) is 0. The van der Waals surface area contributed by atoms with Crippen LogP contribution in [0.4, 0.5) is 0 Å². The summed E-state index contributed by atoms with van der Waals surface area (Å²) < 4.78 is 2.04. The third-order valence-electron chi connectivity index (χ3n) is 5.73. The first-order valence-corrected chi connectivity index (χ1v) is 8.63. The van der Waals surface area contributed by atoms with E-state index in [1.807, 2.05) is 47.2 Å². The van der Waals surface area contributed by atoms with Gasteiger partial charge >= 0.3 is 0 Å². The molecule has 0 N–H and O–H groups in total. The predicted molar refractivity (Wildman–Crippen MR) is 96.7 cm³/mol. The molecular weight excluding hydrogens is 310 g/mol. The number of carbonyl (C=O) groups is 1. The van der Waals surface area contributed by atoms with E-state index in [2.05, 4.69) is 36.2 Å². The van der Waals surface area contributed by atoms with Crippen molar-refractivity contribution in [3.8, 4) is 16.8 Å². The Hall–Kier alpha value is -2.88. The van der Waals surface area contributed by atoms with Gasteiger partial charge in [-0.25, -0.2) is 0 Å². The highest BCUT2D eigenvalue weighted by molar-refractivity contribution is 5.95. The number of amides is 1. The molecule has 124 valence electrons. The highest BCUT2D eigenvalue weighted by Gasteiger charge is 2.53. The van der Waals surface area contributed by atoms with Gasteiger partial charge in [0.15, 0.2) is 0 Å². The summed E-state index contributed by atoms with van der Waals surface area (Å²) in [5.41, 5.74) is 6.44. The monoisotopic (exact) mass is 329 g/mol. The van der Waals surface area contributed by atoms with Crippen LogP contribution >= 0.6 is 0 Å². The summed E-state index contributed by atoms with van der Waals surface area (Å²) in [6.07, 6.45) is 7.77. The highest BCUT2D eigenvalue weighted by atomic mass is 16.2. The Labute approximate surface area is 146 Å². The summed E-state index contributed by atoms with van der Waals surface area (Å²) in [7, 11) is 1.93. The lowest BCUT2D eigenvalue weighted by molar-refractivity contribution is 0.0705. The van der Waals surface area contributed by atoms with Crippen LogP contribution in [0.5, 0.6) is 0 Å². The van der Waals surface area contributed by atoms with Gasteiger partial charge in [-0.15, -0.1) is 0 Å². The van der Waals surface area contributed by atoms with Crippen molar-refractivity contribution in [1.82, 2.24) is 14.5 Å². The molecule has 3 heterocycles. The number of pyridine rings is 1. The number of benzene rings is 1. The standard InChI is InChI=1S/C21H19N3O/c1-14-13-22-10-7-16(14)15-5-6-17-19(12-15)24-11-3-4-18(24)20(25)23(2)21(17)8-9-21/h3-7,10-13H,8-9H2,1-2H3. The van der Waals surface area contributed by atoms with E-state index in [4.69, 9.17) is 0 Å². The largest absolute Gasteiger partial charge is 0.331 e. The molecule has 4 heteroatoms. The predicted octanol–water partition coefficient (Wildman–Crippen LogP) is 3.92. The van der Waals surface area contributed by atoms with Crippen molar-refractivity contribution in [1.29, 1.82) is 0 Å². The van der Waals surface area contributed by atoms with Crippen LogP contribution in [0.3, 0.4) is 0 Å². The van der Waals surface area contributed by atoms with E-state index in [1.165, 1.54) is 11.1 Å². The minimum absolute atomic E-state index is 0.0975. The Balaban J connectivity index is 1.79. The lowest BCUT2D eigenvalue weighted by atomic mass is 9.95. The van der Waals surface area contributed by atoms with Gasteiger partial charge in [0.25, 0.3) is 5.91 Å². The van der Waals surface area contributed by atoms with Crippen LogP contribution in [0, 0.1) is 6.92 Å². The van der Waals surface area contributed by atoms with Crippen molar-refractivity contribution in [2.45, 2.75) is 25.3 Å². The molecule has 1 spiro atoms. The van der Waals surface area contributed by atoms with Gasteiger partial charge in [0.1, 0.15) is 5.69 Å². The van der Waals surface area contributed by atoms with Gasteiger partial charge in [-0.1, -0.05) is 12.1 Å². The summed E-state index contributed by atoms with van der Waals surface area (Å²) in [4.78, 5) is 19.1. The molecule has 0 unspecified atom stereocenters. The van der Waals surface area contributed by atoms with Gasteiger partial charge in [-0.3, -0.25) is 9.78 Å². The summed E-state index contributed by atoms with van der Waals surface area (Å²) in [6, 6.07) is 12.5. The zero-order valence-electron chi connectivity index (χ0n) is 14.4. The minimum Gasteiger partial charge on any atom is -0.331 e. The molecule has 3 aromatic rings. The van der Waals surface area contributed by atoms with Crippen molar-refractivity contribution in [2.24, 2.45) is 0 Å². The number of fused-ring (bicyclic) bond motifs is 4. The van der Waals surface area contributed by atoms with Gasteiger partial charge in [0.2, 0.25) is 0 Å². The quantitative estimate of drug-likeness (QED) is 0.678. The number of nitrogens with zero attached hydrogens (tertiary/aromatic N) is 3. The zero-order chi connectivity index (χ0) is 17.2. The minimum atomic E-state index is -0.142. The Morgan fingerprint density at radius 1 is 1.16 bits per heavy atom. The van der Waals surface area contributed by atoms with Crippen LogP contribution in [0.1, 0.15) is 34.5 Å². The average Bonchev–Trinajstić information content (AvgIpc) is 3.30. The maximum Gasteiger partial charge on any atom is 0.271 e. The Morgan fingerprint density at radius 2 is 2.00 bits per heavy atom. The van der Waals surface area contributed by atoms with Crippen molar-refractivity contribution in [2.75, 3.05) is 7.05 Å². The van der Waals surface area contributed by atoms with Crippen LogP contribution in [0.2, 0.25) is 0 Å². The van der Waals surface area contributed by atoms with Crippen LogP contribution in [-0.2, 0) is 5.54 Å². The smallest absolute Gasteiger partial charge is 0.271 e. The van der Waals surface area contributed by atoms with Crippen LogP contribution in [0.25, 0.3) is 16.8 Å². The molecule has 1 saturated carbocycles. The maximum absolute atomic E-state index is 12.9. The van der Waals surface area contributed by atoms with E-state index in [-0.39, 0.29) is 11.4 Å². The van der Waals surface area contributed by atoms with Gasteiger partial charge in [-0.05, 0) is 60.7 Å². The number of rotatable bonds is 1. The van der Waals surface area contributed by atoms with E-state index in [0.29, 0.717) is 0 Å². The molecule has 0 radical (unpaired) electrons. The van der Waals surface area contributed by atoms with Crippen molar-refractivity contribution < 1.29 is 4.79 Å². The molecule has 5 rings (SSSR count). The molecular formula is C21H19N3O. The van der Waals surface area contributed by atoms with Crippen LogP contribution in [0.15, 0.2) is 55.0 Å². The fourth-order valence-corrected chi connectivity index (χ4v) is 4.12. The Bertz CT molecular complexity index is 1010. The topological polar surface area (TPSA) is 38.1 Å². The second-order valence-electron chi connectivity index (χ2n) is 7.08. The molecule has 1 amide bonds. The first-order chi connectivity index (χ1) is 12.1. The number of aryl methyl sites for hydroxylation is 1. The van der Waals surface area contributed by atoms with Crippen molar-refractivity contribution in [3.63, 3.8) is 0 Å². The third kappa shape index (κ3) is 1.88. The summed E-state index contributed by atoms with van der Waals surface area (Å²) in [6.45, 7) is 2.08. The molecule has 1 aliphatic heterocycles. The van der Waals surface area contributed by atoms with E-state index >= 15 is 0 Å². The molecule has 1 fully saturated rings. The second kappa shape index (κ2) is 4.82. The van der Waals surface area contributed by atoms with Gasteiger partial charge < -0.3 is 9.47 Å². The molecule has 4 nitrogen and oxygen atoms in total. The lowest BCUT2D eigenvalue weighted by Crippen LogP contribution is -2.36. The molecule has 0 saturated heterocycles. The van der Waals surface area contributed by atoms with E-state index in [0.717, 1.165) is 35.3 Å². The first-order valence-electron chi connectivity index (χ1n) is 8.63. The van der Waals surface area contributed by atoms with Crippen molar-refractivity contribution in [3.05, 3.63) is 71.8 Å². The Morgan fingerprint density at radius 3 is 2.76 bits per heavy atom. The molecule has 0 atom stereocenters. The van der Waals surface area contributed by atoms with Crippen molar-refractivity contribution >= 4 is 5.91 Å². The summed E-state index contributed by atoms with van der Waals surface area (Å²) >= 11 is 0. The fraction of sp³-hybridized carbons (Fsp3) is 0.238. The zero-order valence-corrected chi connectivity index (χ0v) is 14.4. The van der Waals surface area contributed by atoms with Gasteiger partial charge in [0.05, 0.1) is 11.2 Å². The normalized spacial score (nSPS) is 17.2. The SMILES string of the molecule is Cc1cnccc1-c1ccc2c(c1)-n1cccc1C(=O)N(C)C21CC1. The van der Waals surface area contributed by atoms with Gasteiger partial charge in [-0.2, -0.15) is 0 Å². The number of aromatic nitrogens is 2. The van der Waals surface area contributed by atoms with E-state index in [1.54, 1.807) is 0 Å². The molecule has 2 aliphatic rings.